The van der Waals surface area contributed by atoms with Gasteiger partial charge in [-0.15, -0.1) is 0 Å². The van der Waals surface area contributed by atoms with Crippen LogP contribution in [-0.2, 0) is 21.0 Å². The van der Waals surface area contributed by atoms with E-state index in [4.69, 9.17) is 5.73 Å². The summed E-state index contributed by atoms with van der Waals surface area (Å²) in [6.45, 7) is 2.35. The molecule has 0 bridgehead atoms. The van der Waals surface area contributed by atoms with Crippen LogP contribution in [0.2, 0.25) is 0 Å². The van der Waals surface area contributed by atoms with Crippen molar-refractivity contribution in [3.05, 3.63) is 102 Å². The number of nitrogens with zero attached hydrogens (tertiary/aromatic N) is 1. The molecule has 184 valence electrons. The Morgan fingerprint density at radius 3 is 2.06 bits per heavy atom. The number of rotatable bonds is 9. The first-order chi connectivity index (χ1) is 16.7. The maximum atomic E-state index is 13.5. The van der Waals surface area contributed by atoms with Crippen LogP contribution in [0.1, 0.15) is 24.0 Å². The van der Waals surface area contributed by atoms with Gasteiger partial charge in [-0.2, -0.15) is 0 Å². The Labute approximate surface area is 207 Å². The highest BCUT2D eigenvalue weighted by molar-refractivity contribution is 7.85. The summed E-state index contributed by atoms with van der Waals surface area (Å²) in [5.74, 6) is -1.49. The number of likely N-dealkylation sites (tertiary alicyclic amines) is 1. The Morgan fingerprint density at radius 2 is 1.54 bits per heavy atom. The van der Waals surface area contributed by atoms with Gasteiger partial charge in [-0.3, -0.25) is 9.00 Å². The summed E-state index contributed by atoms with van der Waals surface area (Å²) in [6, 6.07) is 22.5. The third-order valence-corrected chi connectivity index (χ3v) is 8.69. The first-order valence-electron chi connectivity index (χ1n) is 11.8. The van der Waals surface area contributed by atoms with Crippen LogP contribution in [0.5, 0.6) is 0 Å². The molecule has 1 fully saturated rings. The molecule has 4 nitrogen and oxygen atoms in total. The number of benzene rings is 3. The minimum atomic E-state index is -1.48. The topological polar surface area (TPSA) is 60.2 Å². The quantitative estimate of drug-likeness (QED) is 0.446. The summed E-state index contributed by atoms with van der Waals surface area (Å²) in [5, 5.41) is 0. The molecule has 1 saturated heterocycles. The molecule has 1 heterocycles. The Kier molecular flexibility index (Phi) is 7.47. The Morgan fingerprint density at radius 1 is 1.00 bits per heavy atom. The monoisotopic (exact) mass is 497 g/mol. The fourth-order valence-electron chi connectivity index (χ4n) is 5.62. The van der Waals surface area contributed by atoms with Crippen molar-refractivity contribution < 1.29 is 22.3 Å². The van der Waals surface area contributed by atoms with Crippen molar-refractivity contribution in [2.45, 2.75) is 23.2 Å². The number of hydrogen-bond donors (Lipinski definition) is 1. The number of amides is 1. The lowest BCUT2D eigenvalue weighted by atomic mass is 9.64. The number of hydrogen-bond acceptors (Lipinski definition) is 2. The van der Waals surface area contributed by atoms with Gasteiger partial charge >= 0.3 is 0 Å². The minimum Gasteiger partial charge on any atom is -0.369 e. The first-order valence-corrected chi connectivity index (χ1v) is 13.2. The van der Waals surface area contributed by atoms with E-state index in [1.54, 1.807) is 0 Å². The molecule has 0 radical (unpaired) electrons. The molecule has 4 rings (SSSR count). The van der Waals surface area contributed by atoms with Gasteiger partial charge in [0.1, 0.15) is 17.0 Å². The molecule has 1 aliphatic rings. The summed E-state index contributed by atoms with van der Waals surface area (Å²) >= 11 is 0. The van der Waals surface area contributed by atoms with Crippen LogP contribution in [0.4, 0.5) is 8.78 Å². The maximum Gasteiger partial charge on any atom is 0.233 e. The van der Waals surface area contributed by atoms with Crippen molar-refractivity contribution in [3.63, 3.8) is 0 Å². The fraction of sp³-hybridized carbons (Fsp3) is 0.321. The highest BCUT2D eigenvalue weighted by atomic mass is 32.2. The molecule has 1 aliphatic heterocycles. The summed E-state index contributed by atoms with van der Waals surface area (Å²) in [6.07, 6.45) is 1.45. The van der Waals surface area contributed by atoms with Crippen LogP contribution >= 0.6 is 0 Å². The minimum absolute atomic E-state index is 0.00221. The zero-order chi connectivity index (χ0) is 25.1. The van der Waals surface area contributed by atoms with E-state index >= 15 is 0 Å². The van der Waals surface area contributed by atoms with Crippen LogP contribution in [0.3, 0.4) is 0 Å². The van der Waals surface area contributed by atoms with E-state index in [9.17, 15) is 17.8 Å². The van der Waals surface area contributed by atoms with Gasteiger partial charge in [-0.05, 0) is 23.3 Å². The number of quaternary nitrogens is 1. The zero-order valence-corrected chi connectivity index (χ0v) is 20.6. The third-order valence-electron chi connectivity index (χ3n) is 7.26. The molecule has 0 aromatic heterocycles. The lowest BCUT2D eigenvalue weighted by Crippen LogP contribution is -2.51. The second-order valence-electron chi connectivity index (χ2n) is 9.65. The molecule has 1 amide bonds. The van der Waals surface area contributed by atoms with Gasteiger partial charge in [0.05, 0.1) is 37.5 Å². The summed E-state index contributed by atoms with van der Waals surface area (Å²) in [5.41, 5.74) is 7.03. The maximum absolute atomic E-state index is 13.5. The number of carbonyl (C=O) groups is 1. The lowest BCUT2D eigenvalue weighted by molar-refractivity contribution is -0.899. The number of primary amides is 1. The predicted octanol–water partition coefficient (Wildman–Crippen LogP) is 4.40. The van der Waals surface area contributed by atoms with E-state index in [-0.39, 0.29) is 16.7 Å². The molecule has 0 aliphatic carbocycles. The SMILES string of the molecule is C[N+]1(CCCS(=O)c2cc(F)cc(F)c2)CC[C@@H](C(C(N)=O)(c2ccccc2)c2ccccc2)C1. The number of halogens is 2. The summed E-state index contributed by atoms with van der Waals surface area (Å²) in [4.78, 5) is 13.4. The van der Waals surface area contributed by atoms with Crippen LogP contribution in [-0.4, -0.2) is 47.0 Å². The van der Waals surface area contributed by atoms with Crippen molar-refractivity contribution in [3.8, 4) is 0 Å². The van der Waals surface area contributed by atoms with Crippen molar-refractivity contribution in [2.75, 3.05) is 32.4 Å². The second kappa shape index (κ2) is 10.4. The molecule has 2 N–H and O–H groups in total. The van der Waals surface area contributed by atoms with Crippen LogP contribution in [0.15, 0.2) is 83.8 Å². The summed E-state index contributed by atoms with van der Waals surface area (Å²) in [7, 11) is 0.666. The largest absolute Gasteiger partial charge is 0.369 e. The van der Waals surface area contributed by atoms with Gasteiger partial charge < -0.3 is 10.2 Å². The van der Waals surface area contributed by atoms with Crippen molar-refractivity contribution in [1.82, 2.24) is 0 Å². The van der Waals surface area contributed by atoms with Gasteiger partial charge in [-0.25, -0.2) is 8.78 Å². The van der Waals surface area contributed by atoms with Gasteiger partial charge in [0, 0.05) is 35.5 Å². The Balaban J connectivity index is 1.53. The molecular weight excluding hydrogens is 466 g/mol. The van der Waals surface area contributed by atoms with Gasteiger partial charge in [0.15, 0.2) is 0 Å². The molecular formula is C28H31F2N2O2S+. The number of nitrogens with two attached hydrogens (primary N) is 1. The van der Waals surface area contributed by atoms with Crippen molar-refractivity contribution in [2.24, 2.45) is 11.7 Å². The summed E-state index contributed by atoms with van der Waals surface area (Å²) < 4.78 is 40.3. The van der Waals surface area contributed by atoms with E-state index < -0.39 is 27.8 Å². The molecule has 3 atom stereocenters. The smallest absolute Gasteiger partial charge is 0.233 e. The van der Waals surface area contributed by atoms with Gasteiger partial charge in [0.2, 0.25) is 5.91 Å². The van der Waals surface area contributed by atoms with Crippen LogP contribution in [0.25, 0.3) is 0 Å². The predicted molar refractivity (Wildman–Crippen MR) is 134 cm³/mol. The normalized spacial score (nSPS) is 21.1. The average molecular weight is 498 g/mol. The first kappa shape index (κ1) is 25.2. The lowest BCUT2D eigenvalue weighted by Gasteiger charge is -2.38. The molecule has 35 heavy (non-hydrogen) atoms. The van der Waals surface area contributed by atoms with E-state index in [0.29, 0.717) is 16.7 Å². The van der Waals surface area contributed by atoms with E-state index in [1.807, 2.05) is 60.7 Å². The highest BCUT2D eigenvalue weighted by Crippen LogP contribution is 2.45. The molecule has 3 aromatic rings. The zero-order valence-electron chi connectivity index (χ0n) is 19.8. The van der Waals surface area contributed by atoms with Gasteiger partial charge in [-0.1, -0.05) is 60.7 Å². The van der Waals surface area contributed by atoms with Crippen molar-refractivity contribution in [1.29, 1.82) is 0 Å². The molecule has 3 aromatic carbocycles. The van der Waals surface area contributed by atoms with Crippen molar-refractivity contribution >= 4 is 16.7 Å². The van der Waals surface area contributed by atoms with Crippen LogP contribution in [0, 0.1) is 17.6 Å². The molecule has 0 spiro atoms. The second-order valence-corrected chi connectivity index (χ2v) is 11.2. The van der Waals surface area contributed by atoms with Crippen LogP contribution < -0.4 is 5.73 Å². The van der Waals surface area contributed by atoms with E-state index in [2.05, 4.69) is 7.05 Å². The molecule has 7 heteroatoms. The molecule has 0 saturated carbocycles. The van der Waals surface area contributed by atoms with E-state index in [0.717, 1.165) is 55.4 Å². The standard InChI is InChI=1S/C28H30F2N2O2S/c1-32(14-8-16-35(34)26-18-24(29)17-25(30)19-26)15-13-23(20-32)28(27(31)33,21-9-4-2-5-10-21)22-11-6-3-7-12-22/h2-7,9-12,17-19,23H,8,13-16,20H2,1H3,(H-,31,33)/p+1/t23-,32?,35?/m1/s1. The molecule has 2 unspecified atom stereocenters. The average Bonchev–Trinajstić information content (AvgIpc) is 3.22. The third kappa shape index (κ3) is 5.21. The number of carbonyl (C=O) groups excluding carboxylic acids is 1. The van der Waals surface area contributed by atoms with Gasteiger partial charge in [0.25, 0.3) is 0 Å². The Hall–Kier alpha value is -2.90. The van der Waals surface area contributed by atoms with E-state index in [1.165, 1.54) is 0 Å². The Bertz CT molecular complexity index is 1150. The fourth-order valence-corrected chi connectivity index (χ4v) is 6.73. The highest BCUT2D eigenvalue weighted by Gasteiger charge is 2.53.